The van der Waals surface area contributed by atoms with Crippen LogP contribution in [0.15, 0.2) is 6.33 Å². The molecule has 0 aliphatic heterocycles. The molecule has 0 atom stereocenters. The Morgan fingerprint density at radius 2 is 2.27 bits per heavy atom. The predicted molar refractivity (Wildman–Crippen MR) is 57.5 cm³/mol. The predicted octanol–water partition coefficient (Wildman–Crippen LogP) is 1.56. The van der Waals surface area contributed by atoms with Crippen molar-refractivity contribution in [2.24, 2.45) is 5.41 Å². The molecule has 0 amide bonds. The minimum atomic E-state index is 0.0969. The van der Waals surface area contributed by atoms with E-state index in [0.29, 0.717) is 6.04 Å². The average Bonchev–Trinajstić information content (AvgIpc) is 2.59. The first kappa shape index (κ1) is 10.6. The van der Waals surface area contributed by atoms with Crippen LogP contribution in [0.3, 0.4) is 0 Å². The summed E-state index contributed by atoms with van der Waals surface area (Å²) in [6.07, 6.45) is 5.94. The fraction of sp³-hybridized carbons (Fsp3) is 0.818. The molecule has 2 rings (SSSR count). The van der Waals surface area contributed by atoms with E-state index in [1.807, 2.05) is 4.68 Å². The summed E-state index contributed by atoms with van der Waals surface area (Å²) in [7, 11) is 0. The van der Waals surface area contributed by atoms with E-state index in [-0.39, 0.29) is 12.0 Å². The molecule has 15 heavy (non-hydrogen) atoms. The molecule has 1 aliphatic rings. The maximum Gasteiger partial charge on any atom is 0.138 e. The Morgan fingerprint density at radius 3 is 2.73 bits per heavy atom. The van der Waals surface area contributed by atoms with E-state index in [1.54, 1.807) is 6.33 Å². The Morgan fingerprint density at radius 1 is 1.53 bits per heavy atom. The van der Waals surface area contributed by atoms with Gasteiger partial charge in [0.25, 0.3) is 0 Å². The van der Waals surface area contributed by atoms with Gasteiger partial charge < -0.3 is 5.11 Å². The van der Waals surface area contributed by atoms with Crippen molar-refractivity contribution < 1.29 is 5.11 Å². The zero-order valence-electron chi connectivity index (χ0n) is 9.48. The van der Waals surface area contributed by atoms with Crippen molar-refractivity contribution in [3.8, 4) is 0 Å². The zero-order valence-corrected chi connectivity index (χ0v) is 9.48. The van der Waals surface area contributed by atoms with Crippen LogP contribution in [0.2, 0.25) is 0 Å². The molecule has 1 aromatic rings. The van der Waals surface area contributed by atoms with Gasteiger partial charge in [-0.05, 0) is 26.7 Å². The molecule has 1 aliphatic carbocycles. The lowest BCUT2D eigenvalue weighted by Crippen LogP contribution is -2.36. The molecule has 4 heteroatoms. The van der Waals surface area contributed by atoms with Gasteiger partial charge in [0.1, 0.15) is 12.2 Å². The summed E-state index contributed by atoms with van der Waals surface area (Å²) in [6, 6.07) is 0.346. The first-order valence-corrected chi connectivity index (χ1v) is 5.66. The van der Waals surface area contributed by atoms with Crippen LogP contribution >= 0.6 is 0 Å². The molecule has 0 radical (unpaired) electrons. The maximum atomic E-state index is 9.41. The molecule has 1 fully saturated rings. The maximum absolute atomic E-state index is 9.41. The van der Waals surface area contributed by atoms with E-state index < -0.39 is 0 Å². The fourth-order valence-electron chi connectivity index (χ4n) is 2.23. The Labute approximate surface area is 90.3 Å². The van der Waals surface area contributed by atoms with Crippen molar-refractivity contribution >= 4 is 0 Å². The van der Waals surface area contributed by atoms with E-state index in [2.05, 4.69) is 23.9 Å². The van der Waals surface area contributed by atoms with Gasteiger partial charge in [-0.3, -0.25) is 0 Å². The van der Waals surface area contributed by atoms with Crippen LogP contribution in [0.5, 0.6) is 0 Å². The summed E-state index contributed by atoms with van der Waals surface area (Å²) in [4.78, 5) is 4.29. The van der Waals surface area contributed by atoms with Gasteiger partial charge in [0, 0.05) is 24.5 Å². The van der Waals surface area contributed by atoms with Crippen molar-refractivity contribution in [3.63, 3.8) is 0 Å². The highest BCUT2D eigenvalue weighted by atomic mass is 16.3. The average molecular weight is 209 g/mol. The van der Waals surface area contributed by atoms with Crippen LogP contribution in [0, 0.1) is 5.41 Å². The molecule has 4 nitrogen and oxygen atoms in total. The smallest absolute Gasteiger partial charge is 0.138 e. The van der Waals surface area contributed by atoms with Crippen molar-refractivity contribution in [2.45, 2.75) is 45.6 Å². The van der Waals surface area contributed by atoms with Crippen LogP contribution in [0.1, 0.15) is 45.0 Å². The number of aliphatic hydroxyl groups excluding tert-OH is 1. The summed E-state index contributed by atoms with van der Waals surface area (Å²) in [5.41, 5.74) is 0.0969. The molecule has 0 unspecified atom stereocenters. The molecular weight excluding hydrogens is 190 g/mol. The van der Waals surface area contributed by atoms with Gasteiger partial charge >= 0.3 is 0 Å². The lowest BCUT2D eigenvalue weighted by atomic mass is 9.67. The number of rotatable bonds is 4. The van der Waals surface area contributed by atoms with Crippen LogP contribution in [0.4, 0.5) is 0 Å². The Balaban J connectivity index is 2.13. The summed E-state index contributed by atoms with van der Waals surface area (Å²) in [6.45, 7) is 4.48. The second-order valence-electron chi connectivity index (χ2n) is 4.90. The number of aliphatic hydroxyl groups is 1. The van der Waals surface area contributed by atoms with E-state index >= 15 is 0 Å². The molecule has 1 aromatic heterocycles. The number of hydrogen-bond acceptors (Lipinski definition) is 3. The van der Waals surface area contributed by atoms with Gasteiger partial charge in [-0.25, -0.2) is 9.67 Å². The fourth-order valence-corrected chi connectivity index (χ4v) is 2.23. The van der Waals surface area contributed by atoms with Crippen LogP contribution in [-0.4, -0.2) is 26.5 Å². The second kappa shape index (κ2) is 3.93. The van der Waals surface area contributed by atoms with E-state index in [4.69, 9.17) is 0 Å². The largest absolute Gasteiger partial charge is 0.396 e. The van der Waals surface area contributed by atoms with Crippen LogP contribution in [0.25, 0.3) is 0 Å². The lowest BCUT2D eigenvalue weighted by molar-refractivity contribution is 0.0418. The van der Waals surface area contributed by atoms with Crippen molar-refractivity contribution in [1.29, 1.82) is 0 Å². The summed E-state index contributed by atoms with van der Waals surface area (Å²) in [5.74, 6) is 1.01. The molecule has 1 N–H and O–H groups in total. The number of nitrogens with zero attached hydrogens (tertiary/aromatic N) is 3. The monoisotopic (exact) mass is 209 g/mol. The highest BCUT2D eigenvalue weighted by molar-refractivity contribution is 4.98. The van der Waals surface area contributed by atoms with Gasteiger partial charge in [0.2, 0.25) is 0 Å². The number of aromatic nitrogens is 3. The van der Waals surface area contributed by atoms with Gasteiger partial charge in [-0.15, -0.1) is 0 Å². The molecule has 0 bridgehead atoms. The molecule has 84 valence electrons. The first-order valence-electron chi connectivity index (χ1n) is 5.66. The van der Waals surface area contributed by atoms with Gasteiger partial charge in [0.15, 0.2) is 0 Å². The van der Waals surface area contributed by atoms with Crippen LogP contribution in [-0.2, 0) is 6.42 Å². The third kappa shape index (κ3) is 1.91. The second-order valence-corrected chi connectivity index (χ2v) is 4.90. The van der Waals surface area contributed by atoms with E-state index in [9.17, 15) is 5.11 Å². The molecule has 0 aromatic carbocycles. The summed E-state index contributed by atoms with van der Waals surface area (Å²) < 4.78 is 1.95. The topological polar surface area (TPSA) is 50.9 Å². The minimum Gasteiger partial charge on any atom is -0.396 e. The van der Waals surface area contributed by atoms with Gasteiger partial charge in [-0.2, -0.15) is 5.10 Å². The highest BCUT2D eigenvalue weighted by Crippen LogP contribution is 2.42. The molecule has 0 spiro atoms. The molecule has 1 saturated carbocycles. The molecule has 1 heterocycles. The molecular formula is C11H19N3O. The Bertz CT molecular complexity index is 323. The quantitative estimate of drug-likeness (QED) is 0.818. The lowest BCUT2D eigenvalue weighted by Gasteiger charge is -2.40. The van der Waals surface area contributed by atoms with Crippen molar-refractivity contribution in [1.82, 2.24) is 14.8 Å². The van der Waals surface area contributed by atoms with Gasteiger partial charge in [-0.1, -0.05) is 6.42 Å². The molecule has 0 saturated heterocycles. The summed E-state index contributed by atoms with van der Waals surface area (Å²) in [5, 5.41) is 13.6. The van der Waals surface area contributed by atoms with Crippen LogP contribution < -0.4 is 0 Å². The number of hydrogen-bond donors (Lipinski definition) is 1. The standard InChI is InChI=1S/C11H19N3O/c1-9(2)14-10(12-8-13-14)6-11(7-15)4-3-5-11/h8-9,15H,3-7H2,1-2H3. The first-order chi connectivity index (χ1) is 7.17. The Kier molecular flexibility index (Phi) is 2.78. The van der Waals surface area contributed by atoms with Crippen molar-refractivity contribution in [3.05, 3.63) is 12.2 Å². The third-order valence-corrected chi connectivity index (χ3v) is 3.42. The van der Waals surface area contributed by atoms with E-state index in [0.717, 1.165) is 25.1 Å². The third-order valence-electron chi connectivity index (χ3n) is 3.42. The Hall–Kier alpha value is -0.900. The van der Waals surface area contributed by atoms with Gasteiger partial charge in [0.05, 0.1) is 0 Å². The minimum absolute atomic E-state index is 0.0969. The normalized spacial score (nSPS) is 19.2. The van der Waals surface area contributed by atoms with Crippen molar-refractivity contribution in [2.75, 3.05) is 6.61 Å². The SMILES string of the molecule is CC(C)n1ncnc1CC1(CO)CCC1. The summed E-state index contributed by atoms with van der Waals surface area (Å²) >= 11 is 0. The van der Waals surface area contributed by atoms with E-state index in [1.165, 1.54) is 6.42 Å². The zero-order chi connectivity index (χ0) is 10.9. The highest BCUT2D eigenvalue weighted by Gasteiger charge is 2.37.